The number of allylic oxidation sites excluding steroid dienone is 1. The molecule has 1 saturated heterocycles. The molecule has 0 aromatic heterocycles. The second-order valence-electron chi connectivity index (χ2n) is 8.23. The van der Waals surface area contributed by atoms with Gasteiger partial charge in [-0.2, -0.15) is 0 Å². The molecule has 0 radical (unpaired) electrons. The Balaban J connectivity index is 1.50. The summed E-state index contributed by atoms with van der Waals surface area (Å²) in [6.45, 7) is 3.78. The highest BCUT2D eigenvalue weighted by Gasteiger charge is 2.49. The SMILES string of the molecule is C/C=C/c1ccc([C@H]2[C@@H](CO)N(CC3CC3)[C@@H]2CNC(=O)c2ccccc2)cc1. The van der Waals surface area contributed by atoms with Crippen LogP contribution in [0.15, 0.2) is 60.7 Å². The number of aliphatic hydroxyl groups is 1. The minimum absolute atomic E-state index is 0.0356. The lowest BCUT2D eigenvalue weighted by molar-refractivity contribution is -0.0445. The molecule has 1 aliphatic heterocycles. The largest absolute Gasteiger partial charge is 0.395 e. The predicted octanol–water partition coefficient (Wildman–Crippen LogP) is 3.69. The van der Waals surface area contributed by atoms with E-state index in [1.165, 1.54) is 24.0 Å². The van der Waals surface area contributed by atoms with Gasteiger partial charge in [-0.25, -0.2) is 0 Å². The molecule has 0 spiro atoms. The quantitative estimate of drug-likeness (QED) is 0.723. The molecule has 1 saturated carbocycles. The molecule has 0 bridgehead atoms. The van der Waals surface area contributed by atoms with Crippen LogP contribution in [0.4, 0.5) is 0 Å². The van der Waals surface area contributed by atoms with Gasteiger partial charge in [0, 0.05) is 36.7 Å². The van der Waals surface area contributed by atoms with Gasteiger partial charge >= 0.3 is 0 Å². The van der Waals surface area contributed by atoms with Gasteiger partial charge in [0.15, 0.2) is 0 Å². The maximum absolute atomic E-state index is 12.6. The zero-order valence-electron chi connectivity index (χ0n) is 17.0. The van der Waals surface area contributed by atoms with Crippen LogP contribution in [0.1, 0.15) is 47.2 Å². The van der Waals surface area contributed by atoms with Crippen molar-refractivity contribution in [3.63, 3.8) is 0 Å². The molecular formula is C25H30N2O2. The Bertz CT molecular complexity index is 843. The zero-order valence-corrected chi connectivity index (χ0v) is 17.0. The number of benzene rings is 2. The normalized spacial score (nSPS) is 24.4. The van der Waals surface area contributed by atoms with Crippen molar-refractivity contribution in [1.82, 2.24) is 10.2 Å². The average molecular weight is 391 g/mol. The van der Waals surface area contributed by atoms with Crippen LogP contribution in [0.3, 0.4) is 0 Å². The Hall–Kier alpha value is -2.43. The molecule has 2 aliphatic rings. The molecule has 2 fully saturated rings. The van der Waals surface area contributed by atoms with Crippen LogP contribution in [0.25, 0.3) is 6.08 Å². The van der Waals surface area contributed by atoms with E-state index in [1.54, 1.807) is 0 Å². The number of likely N-dealkylation sites (tertiary alicyclic amines) is 1. The molecule has 0 unspecified atom stereocenters. The van der Waals surface area contributed by atoms with E-state index in [1.807, 2.05) is 43.3 Å². The number of aliphatic hydroxyl groups excluding tert-OH is 1. The van der Waals surface area contributed by atoms with Crippen LogP contribution in [0.5, 0.6) is 0 Å². The number of nitrogens with zero attached hydrogens (tertiary/aromatic N) is 1. The Morgan fingerprint density at radius 1 is 1.10 bits per heavy atom. The number of hydrogen-bond acceptors (Lipinski definition) is 3. The van der Waals surface area contributed by atoms with Gasteiger partial charge in [0.2, 0.25) is 0 Å². The highest BCUT2D eigenvalue weighted by Crippen LogP contribution is 2.43. The summed E-state index contributed by atoms with van der Waals surface area (Å²) in [5.74, 6) is 0.940. The van der Waals surface area contributed by atoms with Gasteiger partial charge in [-0.3, -0.25) is 9.69 Å². The minimum atomic E-state index is -0.0356. The third kappa shape index (κ3) is 4.44. The van der Waals surface area contributed by atoms with Crippen molar-refractivity contribution in [2.75, 3.05) is 19.7 Å². The van der Waals surface area contributed by atoms with Gasteiger partial charge in [-0.1, -0.05) is 54.6 Å². The van der Waals surface area contributed by atoms with Gasteiger partial charge < -0.3 is 10.4 Å². The van der Waals surface area contributed by atoms with Crippen LogP contribution in [-0.2, 0) is 0 Å². The van der Waals surface area contributed by atoms with Crippen molar-refractivity contribution in [3.8, 4) is 0 Å². The van der Waals surface area contributed by atoms with Crippen molar-refractivity contribution >= 4 is 12.0 Å². The fourth-order valence-electron chi connectivity index (χ4n) is 4.50. The number of rotatable bonds is 8. The third-order valence-corrected chi connectivity index (χ3v) is 6.22. The minimum Gasteiger partial charge on any atom is -0.395 e. The van der Waals surface area contributed by atoms with E-state index in [4.69, 9.17) is 0 Å². The summed E-state index contributed by atoms with van der Waals surface area (Å²) < 4.78 is 0. The first-order valence-electron chi connectivity index (χ1n) is 10.6. The maximum atomic E-state index is 12.6. The number of nitrogens with one attached hydrogen (secondary N) is 1. The summed E-state index contributed by atoms with van der Waals surface area (Å²) in [7, 11) is 0. The molecule has 2 aromatic rings. The monoisotopic (exact) mass is 390 g/mol. The fraction of sp³-hybridized carbons (Fsp3) is 0.400. The van der Waals surface area contributed by atoms with Gasteiger partial charge in [-0.05, 0) is 48.9 Å². The summed E-state index contributed by atoms with van der Waals surface area (Å²) in [4.78, 5) is 15.0. The number of carbonyl (C=O) groups excluding carboxylic acids is 1. The predicted molar refractivity (Wildman–Crippen MR) is 117 cm³/mol. The number of carbonyl (C=O) groups is 1. The van der Waals surface area contributed by atoms with Gasteiger partial charge in [-0.15, -0.1) is 0 Å². The van der Waals surface area contributed by atoms with E-state index in [2.05, 4.69) is 40.6 Å². The van der Waals surface area contributed by atoms with Crippen molar-refractivity contribution in [2.45, 2.75) is 37.8 Å². The van der Waals surface area contributed by atoms with Crippen LogP contribution in [-0.4, -0.2) is 47.7 Å². The number of hydrogen-bond donors (Lipinski definition) is 2. The van der Waals surface area contributed by atoms with Crippen LogP contribution < -0.4 is 5.32 Å². The molecule has 4 rings (SSSR count). The lowest BCUT2D eigenvalue weighted by Crippen LogP contribution is -2.67. The van der Waals surface area contributed by atoms with E-state index in [0.717, 1.165) is 12.5 Å². The van der Waals surface area contributed by atoms with Gasteiger partial charge in [0.05, 0.1) is 6.61 Å². The molecule has 3 atom stereocenters. The van der Waals surface area contributed by atoms with Crippen molar-refractivity contribution in [2.24, 2.45) is 5.92 Å². The molecule has 29 heavy (non-hydrogen) atoms. The highest BCUT2D eigenvalue weighted by atomic mass is 16.3. The Labute approximate surface area is 173 Å². The van der Waals surface area contributed by atoms with Crippen molar-refractivity contribution in [3.05, 3.63) is 77.4 Å². The molecule has 152 valence electrons. The number of amides is 1. The first kappa shape index (κ1) is 19.9. The average Bonchev–Trinajstić information content (AvgIpc) is 3.57. The molecule has 4 heteroatoms. The molecule has 1 aliphatic carbocycles. The van der Waals surface area contributed by atoms with Crippen LogP contribution in [0.2, 0.25) is 0 Å². The second kappa shape index (κ2) is 8.93. The summed E-state index contributed by atoms with van der Waals surface area (Å²) in [5, 5.41) is 13.2. The standard InChI is InChI=1S/C25H30N2O2/c1-2-6-18-11-13-20(14-12-18)24-22(27(23(24)17-28)16-19-9-10-19)15-26-25(29)21-7-4-3-5-8-21/h2-8,11-14,19,22-24,28H,9-10,15-17H2,1H3,(H,26,29)/b6-2+/t22-,23-,24-/m1/s1. The highest BCUT2D eigenvalue weighted by molar-refractivity contribution is 5.94. The van der Waals surface area contributed by atoms with Crippen LogP contribution in [0, 0.1) is 5.92 Å². The second-order valence-corrected chi connectivity index (χ2v) is 8.23. The van der Waals surface area contributed by atoms with Crippen molar-refractivity contribution < 1.29 is 9.90 Å². The van der Waals surface area contributed by atoms with E-state index in [9.17, 15) is 9.90 Å². The van der Waals surface area contributed by atoms with Crippen LogP contribution >= 0.6 is 0 Å². The third-order valence-electron chi connectivity index (χ3n) is 6.22. The molecule has 1 heterocycles. The Morgan fingerprint density at radius 2 is 1.83 bits per heavy atom. The topological polar surface area (TPSA) is 52.6 Å². The molecule has 2 aromatic carbocycles. The van der Waals surface area contributed by atoms with E-state index in [-0.39, 0.29) is 30.5 Å². The molecule has 1 amide bonds. The first-order valence-corrected chi connectivity index (χ1v) is 10.6. The molecular weight excluding hydrogens is 360 g/mol. The molecule has 2 N–H and O–H groups in total. The van der Waals surface area contributed by atoms with Crippen molar-refractivity contribution in [1.29, 1.82) is 0 Å². The van der Waals surface area contributed by atoms with E-state index in [0.29, 0.717) is 12.1 Å². The smallest absolute Gasteiger partial charge is 0.251 e. The zero-order chi connectivity index (χ0) is 20.2. The summed E-state index contributed by atoms with van der Waals surface area (Å²) in [6.07, 6.45) is 6.68. The summed E-state index contributed by atoms with van der Waals surface area (Å²) in [5.41, 5.74) is 3.11. The van der Waals surface area contributed by atoms with E-state index < -0.39 is 0 Å². The summed E-state index contributed by atoms with van der Waals surface area (Å²) in [6, 6.07) is 18.3. The van der Waals surface area contributed by atoms with Gasteiger partial charge in [0.1, 0.15) is 0 Å². The molecule has 4 nitrogen and oxygen atoms in total. The Kier molecular flexibility index (Phi) is 6.12. The lowest BCUT2D eigenvalue weighted by atomic mass is 9.74. The fourth-order valence-corrected chi connectivity index (χ4v) is 4.50. The lowest BCUT2D eigenvalue weighted by Gasteiger charge is -2.55. The maximum Gasteiger partial charge on any atom is 0.251 e. The summed E-state index contributed by atoms with van der Waals surface area (Å²) >= 11 is 0. The van der Waals surface area contributed by atoms with Gasteiger partial charge in [0.25, 0.3) is 5.91 Å². The first-order chi connectivity index (χ1) is 14.2. The van der Waals surface area contributed by atoms with E-state index >= 15 is 0 Å². The Morgan fingerprint density at radius 3 is 2.45 bits per heavy atom.